The van der Waals surface area contributed by atoms with Crippen molar-refractivity contribution in [3.8, 4) is 5.88 Å². The van der Waals surface area contributed by atoms with E-state index in [2.05, 4.69) is 22.2 Å². The molecular formula is C11H19N3O2. The molecule has 5 heteroatoms. The number of hydrogen-bond donors (Lipinski definition) is 1. The molecule has 1 aromatic heterocycles. The second-order valence-corrected chi connectivity index (χ2v) is 3.78. The number of anilines is 1. The SMILES string of the molecule is COCC(C)CNc1cc(OC)nc(C)n1. The van der Waals surface area contributed by atoms with Crippen LogP contribution in [0.4, 0.5) is 5.82 Å². The lowest BCUT2D eigenvalue weighted by Gasteiger charge is -2.12. The molecule has 1 rings (SSSR count). The summed E-state index contributed by atoms with van der Waals surface area (Å²) >= 11 is 0. The Morgan fingerprint density at radius 1 is 1.38 bits per heavy atom. The van der Waals surface area contributed by atoms with E-state index in [-0.39, 0.29) is 0 Å². The van der Waals surface area contributed by atoms with E-state index in [1.807, 2.05) is 6.92 Å². The zero-order valence-corrected chi connectivity index (χ0v) is 10.3. The highest BCUT2D eigenvalue weighted by molar-refractivity contribution is 5.38. The minimum absolute atomic E-state index is 0.436. The number of aryl methyl sites for hydroxylation is 1. The molecule has 0 radical (unpaired) electrons. The maximum absolute atomic E-state index is 5.07. The molecule has 0 aliphatic carbocycles. The first-order valence-corrected chi connectivity index (χ1v) is 5.28. The number of rotatable bonds is 6. The van der Waals surface area contributed by atoms with Crippen molar-refractivity contribution in [1.29, 1.82) is 0 Å². The Bertz CT molecular complexity index is 331. The second kappa shape index (κ2) is 6.27. The van der Waals surface area contributed by atoms with E-state index in [0.717, 1.165) is 19.0 Å². The van der Waals surface area contributed by atoms with Crippen molar-refractivity contribution < 1.29 is 9.47 Å². The minimum atomic E-state index is 0.436. The lowest BCUT2D eigenvalue weighted by Crippen LogP contribution is -2.16. The summed E-state index contributed by atoms with van der Waals surface area (Å²) in [5.41, 5.74) is 0. The van der Waals surface area contributed by atoms with Crippen molar-refractivity contribution >= 4 is 5.82 Å². The Hall–Kier alpha value is -1.36. The van der Waals surface area contributed by atoms with E-state index in [1.165, 1.54) is 0 Å². The van der Waals surface area contributed by atoms with Crippen LogP contribution in [-0.2, 0) is 4.74 Å². The number of ether oxygens (including phenoxy) is 2. The Labute approximate surface area is 96.2 Å². The highest BCUT2D eigenvalue weighted by atomic mass is 16.5. The van der Waals surface area contributed by atoms with Crippen LogP contribution >= 0.6 is 0 Å². The molecule has 0 amide bonds. The molecule has 0 aromatic carbocycles. The van der Waals surface area contributed by atoms with Crippen LogP contribution in [0.25, 0.3) is 0 Å². The minimum Gasteiger partial charge on any atom is -0.481 e. The van der Waals surface area contributed by atoms with Gasteiger partial charge in [-0.3, -0.25) is 0 Å². The van der Waals surface area contributed by atoms with Gasteiger partial charge in [-0.2, -0.15) is 4.98 Å². The van der Waals surface area contributed by atoms with Crippen molar-refractivity contribution in [3.05, 3.63) is 11.9 Å². The summed E-state index contributed by atoms with van der Waals surface area (Å²) in [4.78, 5) is 8.39. The Morgan fingerprint density at radius 2 is 2.12 bits per heavy atom. The van der Waals surface area contributed by atoms with Gasteiger partial charge in [-0.1, -0.05) is 6.92 Å². The molecule has 16 heavy (non-hydrogen) atoms. The first-order valence-electron chi connectivity index (χ1n) is 5.28. The van der Waals surface area contributed by atoms with Crippen molar-refractivity contribution in [2.24, 2.45) is 5.92 Å². The average molecular weight is 225 g/mol. The first kappa shape index (κ1) is 12.7. The van der Waals surface area contributed by atoms with Crippen LogP contribution in [0.3, 0.4) is 0 Å². The Morgan fingerprint density at radius 3 is 2.75 bits per heavy atom. The average Bonchev–Trinajstić information content (AvgIpc) is 2.26. The molecule has 1 atom stereocenters. The number of methoxy groups -OCH3 is 2. The van der Waals surface area contributed by atoms with E-state index in [4.69, 9.17) is 9.47 Å². The molecule has 0 aliphatic rings. The molecule has 0 saturated heterocycles. The number of nitrogens with one attached hydrogen (secondary N) is 1. The van der Waals surface area contributed by atoms with Crippen molar-refractivity contribution in [2.75, 3.05) is 32.7 Å². The second-order valence-electron chi connectivity index (χ2n) is 3.78. The zero-order chi connectivity index (χ0) is 12.0. The van der Waals surface area contributed by atoms with Gasteiger partial charge in [0, 0.05) is 19.7 Å². The van der Waals surface area contributed by atoms with Gasteiger partial charge < -0.3 is 14.8 Å². The molecular weight excluding hydrogens is 206 g/mol. The molecule has 0 spiro atoms. The molecule has 0 aliphatic heterocycles. The largest absolute Gasteiger partial charge is 0.481 e. The van der Waals surface area contributed by atoms with Crippen LogP contribution in [0.2, 0.25) is 0 Å². The molecule has 1 N–H and O–H groups in total. The highest BCUT2D eigenvalue weighted by Crippen LogP contribution is 2.12. The monoisotopic (exact) mass is 225 g/mol. The molecule has 1 heterocycles. The molecule has 90 valence electrons. The van der Waals surface area contributed by atoms with Gasteiger partial charge in [0.2, 0.25) is 5.88 Å². The van der Waals surface area contributed by atoms with Crippen LogP contribution < -0.4 is 10.1 Å². The molecule has 5 nitrogen and oxygen atoms in total. The summed E-state index contributed by atoms with van der Waals surface area (Å²) in [6.45, 7) is 5.50. The lowest BCUT2D eigenvalue weighted by atomic mass is 10.2. The topological polar surface area (TPSA) is 56.3 Å². The predicted octanol–water partition coefficient (Wildman–Crippen LogP) is 1.49. The molecule has 0 fully saturated rings. The Balaban J connectivity index is 2.56. The van der Waals surface area contributed by atoms with Gasteiger partial charge in [0.25, 0.3) is 0 Å². The van der Waals surface area contributed by atoms with Gasteiger partial charge in [-0.15, -0.1) is 0 Å². The summed E-state index contributed by atoms with van der Waals surface area (Å²) in [6.07, 6.45) is 0. The predicted molar refractivity (Wildman–Crippen MR) is 62.9 cm³/mol. The van der Waals surface area contributed by atoms with Crippen LogP contribution in [0.15, 0.2) is 6.07 Å². The van der Waals surface area contributed by atoms with Crippen molar-refractivity contribution in [3.63, 3.8) is 0 Å². The summed E-state index contributed by atoms with van der Waals surface area (Å²) < 4.78 is 10.1. The van der Waals surface area contributed by atoms with Crippen LogP contribution in [0.1, 0.15) is 12.7 Å². The summed E-state index contributed by atoms with van der Waals surface area (Å²) in [5.74, 6) is 2.49. The molecule has 1 unspecified atom stereocenters. The third-order valence-corrected chi connectivity index (χ3v) is 2.11. The first-order chi connectivity index (χ1) is 7.65. The van der Waals surface area contributed by atoms with Crippen LogP contribution in [0.5, 0.6) is 5.88 Å². The fourth-order valence-corrected chi connectivity index (χ4v) is 1.36. The highest BCUT2D eigenvalue weighted by Gasteiger charge is 2.04. The third-order valence-electron chi connectivity index (χ3n) is 2.11. The standard InChI is InChI=1S/C11H19N3O2/c1-8(7-15-3)6-12-10-5-11(16-4)14-9(2)13-10/h5,8H,6-7H2,1-4H3,(H,12,13,14). The normalized spacial score (nSPS) is 12.2. The Kier molecular flexibility index (Phi) is 4.98. The van der Waals surface area contributed by atoms with Crippen LogP contribution in [-0.4, -0.2) is 37.3 Å². The fraction of sp³-hybridized carbons (Fsp3) is 0.636. The molecule has 1 aromatic rings. The third kappa shape index (κ3) is 4.02. The van der Waals surface area contributed by atoms with Gasteiger partial charge in [-0.25, -0.2) is 4.98 Å². The maximum atomic E-state index is 5.07. The van der Waals surface area contributed by atoms with Crippen molar-refractivity contribution in [2.45, 2.75) is 13.8 Å². The van der Waals surface area contributed by atoms with Crippen molar-refractivity contribution in [1.82, 2.24) is 9.97 Å². The smallest absolute Gasteiger partial charge is 0.218 e. The summed E-state index contributed by atoms with van der Waals surface area (Å²) in [7, 11) is 3.30. The van der Waals surface area contributed by atoms with Crippen LogP contribution in [0, 0.1) is 12.8 Å². The van der Waals surface area contributed by atoms with E-state index in [1.54, 1.807) is 20.3 Å². The van der Waals surface area contributed by atoms with Gasteiger partial charge in [0.05, 0.1) is 13.7 Å². The van der Waals surface area contributed by atoms with Gasteiger partial charge >= 0.3 is 0 Å². The maximum Gasteiger partial charge on any atom is 0.218 e. The van der Waals surface area contributed by atoms with E-state index >= 15 is 0 Å². The number of aromatic nitrogens is 2. The zero-order valence-electron chi connectivity index (χ0n) is 10.3. The van der Waals surface area contributed by atoms with E-state index < -0.39 is 0 Å². The molecule has 0 bridgehead atoms. The number of hydrogen-bond acceptors (Lipinski definition) is 5. The number of nitrogens with zero attached hydrogens (tertiary/aromatic N) is 2. The van der Waals surface area contributed by atoms with Gasteiger partial charge in [0.1, 0.15) is 11.6 Å². The summed E-state index contributed by atoms with van der Waals surface area (Å²) in [5, 5.41) is 3.23. The fourth-order valence-electron chi connectivity index (χ4n) is 1.36. The molecule has 0 saturated carbocycles. The summed E-state index contributed by atoms with van der Waals surface area (Å²) in [6, 6.07) is 1.78. The quantitative estimate of drug-likeness (QED) is 0.795. The van der Waals surface area contributed by atoms with E-state index in [0.29, 0.717) is 17.6 Å². The van der Waals surface area contributed by atoms with E-state index in [9.17, 15) is 0 Å². The van der Waals surface area contributed by atoms with Gasteiger partial charge in [0.15, 0.2) is 0 Å². The van der Waals surface area contributed by atoms with Gasteiger partial charge in [-0.05, 0) is 12.8 Å². The lowest BCUT2D eigenvalue weighted by molar-refractivity contribution is 0.164.